The van der Waals surface area contributed by atoms with Gasteiger partial charge in [0.15, 0.2) is 0 Å². The molecule has 5 heteroatoms. The Morgan fingerprint density at radius 2 is 1.33 bits per heavy atom. The molecule has 0 unspecified atom stereocenters. The number of benzene rings is 2. The molecule has 0 aliphatic heterocycles. The Balaban J connectivity index is 1.68. The number of imidazole rings is 1. The Labute approximate surface area is 195 Å². The maximum atomic E-state index is 13.0. The van der Waals surface area contributed by atoms with Crippen LogP contribution in [0, 0.1) is 55.4 Å². The molecule has 0 aliphatic carbocycles. The molecule has 0 fully saturated rings. The first-order chi connectivity index (χ1) is 15.5. The monoisotopic (exact) mass is 440 g/mol. The number of nitrogens with zero attached hydrogens (tertiary/aromatic N) is 3. The number of carbonyl (C=O) groups is 1. The summed E-state index contributed by atoms with van der Waals surface area (Å²) >= 11 is 0. The largest absolute Gasteiger partial charge is 0.327 e. The number of anilines is 1. The molecule has 0 saturated carbocycles. The van der Waals surface area contributed by atoms with E-state index in [2.05, 4.69) is 49.6 Å². The third-order valence-corrected chi connectivity index (χ3v) is 7.30. The quantitative estimate of drug-likeness (QED) is 0.403. The van der Waals surface area contributed by atoms with Crippen LogP contribution in [0.3, 0.4) is 0 Å². The molecule has 33 heavy (non-hydrogen) atoms. The van der Waals surface area contributed by atoms with Crippen molar-refractivity contribution in [2.24, 2.45) is 7.05 Å². The minimum Gasteiger partial charge on any atom is -0.327 e. The fourth-order valence-corrected chi connectivity index (χ4v) is 4.72. The summed E-state index contributed by atoms with van der Waals surface area (Å²) in [6.07, 6.45) is 0. The lowest BCUT2D eigenvalue weighted by atomic mass is 9.97. The summed E-state index contributed by atoms with van der Waals surface area (Å²) in [6, 6.07) is 7.89. The highest BCUT2D eigenvalue weighted by atomic mass is 16.1. The van der Waals surface area contributed by atoms with E-state index in [9.17, 15) is 4.79 Å². The van der Waals surface area contributed by atoms with Gasteiger partial charge in [0.2, 0.25) is 0 Å². The molecule has 2 aromatic carbocycles. The Hall–Kier alpha value is -3.47. The number of rotatable bonds is 3. The minimum absolute atomic E-state index is 0.131. The minimum atomic E-state index is -0.131. The normalized spacial score (nSPS) is 11.3. The molecule has 1 N–H and O–H groups in total. The van der Waals surface area contributed by atoms with E-state index in [1.165, 1.54) is 27.8 Å². The smallest absolute Gasteiger partial charge is 0.257 e. The summed E-state index contributed by atoms with van der Waals surface area (Å²) in [7, 11) is 2.07. The Bertz CT molecular complexity index is 1430. The van der Waals surface area contributed by atoms with Crippen LogP contribution in [0.5, 0.6) is 0 Å². The summed E-state index contributed by atoms with van der Waals surface area (Å²) in [4.78, 5) is 22.5. The second-order valence-corrected chi connectivity index (χ2v) is 9.13. The maximum absolute atomic E-state index is 13.0. The van der Waals surface area contributed by atoms with E-state index >= 15 is 0 Å². The maximum Gasteiger partial charge on any atom is 0.257 e. The number of hydrogen-bond donors (Lipinski definition) is 1. The van der Waals surface area contributed by atoms with Crippen molar-refractivity contribution in [3.8, 4) is 11.4 Å². The first kappa shape index (κ1) is 22.7. The average molecular weight is 441 g/mol. The summed E-state index contributed by atoms with van der Waals surface area (Å²) in [5.74, 6) is 0.789. The van der Waals surface area contributed by atoms with Crippen LogP contribution >= 0.6 is 0 Å². The molecular formula is C28H32N4O. The first-order valence-electron chi connectivity index (χ1n) is 11.3. The molecule has 0 bridgehead atoms. The lowest BCUT2D eigenvalue weighted by molar-refractivity contribution is 0.102. The van der Waals surface area contributed by atoms with Gasteiger partial charge in [0.25, 0.3) is 5.91 Å². The lowest BCUT2D eigenvalue weighted by Crippen LogP contribution is -2.17. The van der Waals surface area contributed by atoms with Crippen LogP contribution in [0.4, 0.5) is 5.69 Å². The fraction of sp³-hybridized carbons (Fsp3) is 0.321. The lowest BCUT2D eigenvalue weighted by Gasteiger charge is -2.14. The molecule has 4 aromatic rings. The topological polar surface area (TPSA) is 59.8 Å². The Morgan fingerprint density at radius 1 is 0.727 bits per heavy atom. The van der Waals surface area contributed by atoms with Gasteiger partial charge in [-0.05, 0) is 113 Å². The van der Waals surface area contributed by atoms with Gasteiger partial charge >= 0.3 is 0 Å². The Kier molecular flexibility index (Phi) is 5.61. The second-order valence-electron chi connectivity index (χ2n) is 9.13. The van der Waals surface area contributed by atoms with Gasteiger partial charge in [0.1, 0.15) is 5.82 Å². The average Bonchev–Trinajstić information content (AvgIpc) is 3.12. The summed E-state index contributed by atoms with van der Waals surface area (Å²) in [5.41, 5.74) is 13.5. The first-order valence-corrected chi connectivity index (χ1v) is 11.3. The predicted octanol–water partition coefficient (Wildman–Crippen LogP) is 6.35. The third-order valence-electron chi connectivity index (χ3n) is 7.30. The molecule has 170 valence electrons. The van der Waals surface area contributed by atoms with Crippen LogP contribution in [-0.2, 0) is 7.05 Å². The number of aromatic nitrogens is 3. The van der Waals surface area contributed by atoms with E-state index in [0.717, 1.165) is 45.1 Å². The number of carbonyl (C=O) groups excluding carboxylic acids is 1. The van der Waals surface area contributed by atoms with Gasteiger partial charge in [-0.25, -0.2) is 4.98 Å². The van der Waals surface area contributed by atoms with Crippen LogP contribution in [0.15, 0.2) is 24.3 Å². The van der Waals surface area contributed by atoms with Gasteiger partial charge in [-0.1, -0.05) is 0 Å². The molecule has 2 heterocycles. The van der Waals surface area contributed by atoms with Gasteiger partial charge < -0.3 is 9.88 Å². The van der Waals surface area contributed by atoms with E-state index in [1.54, 1.807) is 0 Å². The highest BCUT2D eigenvalue weighted by Crippen LogP contribution is 2.32. The van der Waals surface area contributed by atoms with Crippen molar-refractivity contribution in [2.75, 3.05) is 5.32 Å². The third kappa shape index (κ3) is 3.62. The molecule has 0 spiro atoms. The van der Waals surface area contributed by atoms with E-state index in [0.29, 0.717) is 5.56 Å². The van der Waals surface area contributed by atoms with Crippen molar-refractivity contribution >= 4 is 22.6 Å². The molecule has 0 atom stereocenters. The van der Waals surface area contributed by atoms with Gasteiger partial charge in [-0.15, -0.1) is 0 Å². The number of pyridine rings is 1. The van der Waals surface area contributed by atoms with E-state index in [1.807, 2.05) is 52.0 Å². The van der Waals surface area contributed by atoms with Crippen LogP contribution < -0.4 is 5.32 Å². The van der Waals surface area contributed by atoms with Gasteiger partial charge in [0, 0.05) is 24.0 Å². The van der Waals surface area contributed by atoms with Crippen molar-refractivity contribution in [2.45, 2.75) is 55.4 Å². The van der Waals surface area contributed by atoms with Crippen molar-refractivity contribution in [3.05, 3.63) is 74.6 Å². The molecule has 4 rings (SSSR count). The summed E-state index contributed by atoms with van der Waals surface area (Å²) in [5, 5.41) is 3.03. The summed E-state index contributed by atoms with van der Waals surface area (Å²) < 4.78 is 2.17. The van der Waals surface area contributed by atoms with Crippen LogP contribution in [0.25, 0.3) is 22.4 Å². The van der Waals surface area contributed by atoms with Crippen LogP contribution in [0.2, 0.25) is 0 Å². The number of nitrogens with one attached hydrogen (secondary N) is 1. The zero-order valence-corrected chi connectivity index (χ0v) is 21.1. The molecule has 1 amide bonds. The number of amides is 1. The number of hydrogen-bond acceptors (Lipinski definition) is 3. The zero-order valence-electron chi connectivity index (χ0n) is 21.1. The molecule has 0 saturated heterocycles. The SMILES string of the molecule is Cc1nc(C)c(C(=O)Nc2ccc(-c3nc4c(C)c(C)c(C)c(C)c4n3C)cc2)c(C)c1C. The standard InChI is InChI=1S/C28H32N4O/c1-14-15(2)19(6)26-25(18(14)5)31-27(32(26)9)22-10-12-23(13-11-22)30-28(33)24-17(4)16(3)20(7)29-21(24)8/h10-13H,1-9H3,(H,30,33). The fourth-order valence-electron chi connectivity index (χ4n) is 4.72. The number of fused-ring (bicyclic) bond motifs is 1. The highest BCUT2D eigenvalue weighted by Gasteiger charge is 2.19. The Morgan fingerprint density at radius 3 is 1.97 bits per heavy atom. The van der Waals surface area contributed by atoms with Gasteiger partial charge in [-0.3, -0.25) is 9.78 Å². The van der Waals surface area contributed by atoms with E-state index in [4.69, 9.17) is 4.98 Å². The molecule has 0 radical (unpaired) electrons. The van der Waals surface area contributed by atoms with Crippen LogP contribution in [-0.4, -0.2) is 20.4 Å². The summed E-state index contributed by atoms with van der Waals surface area (Å²) in [6.45, 7) is 16.5. The molecule has 0 aliphatic rings. The van der Waals surface area contributed by atoms with Crippen molar-refractivity contribution in [1.29, 1.82) is 0 Å². The second kappa shape index (κ2) is 8.14. The van der Waals surface area contributed by atoms with E-state index in [-0.39, 0.29) is 5.91 Å². The molecular weight excluding hydrogens is 408 g/mol. The van der Waals surface area contributed by atoms with Crippen LogP contribution in [0.1, 0.15) is 55.1 Å². The highest BCUT2D eigenvalue weighted by molar-refractivity contribution is 6.06. The molecule has 5 nitrogen and oxygen atoms in total. The number of aryl methyl sites for hydroxylation is 5. The molecule has 2 aromatic heterocycles. The predicted molar refractivity (Wildman–Crippen MR) is 136 cm³/mol. The van der Waals surface area contributed by atoms with Gasteiger partial charge in [-0.2, -0.15) is 0 Å². The van der Waals surface area contributed by atoms with Crippen molar-refractivity contribution in [3.63, 3.8) is 0 Å². The van der Waals surface area contributed by atoms with Gasteiger partial charge in [0.05, 0.1) is 22.3 Å². The van der Waals surface area contributed by atoms with E-state index < -0.39 is 0 Å². The zero-order chi connectivity index (χ0) is 24.2. The van der Waals surface area contributed by atoms with Crippen molar-refractivity contribution < 1.29 is 4.79 Å². The van der Waals surface area contributed by atoms with Crippen molar-refractivity contribution in [1.82, 2.24) is 14.5 Å².